The number of rotatable bonds is 34. The highest BCUT2D eigenvalue weighted by atomic mass is 16.4. The van der Waals surface area contributed by atoms with Crippen molar-refractivity contribution in [2.45, 2.75) is 140 Å². The number of nitrogens with zero attached hydrogens (tertiary/aromatic N) is 2. The smallest absolute Gasteiger partial charge is 0.326 e. The van der Waals surface area contributed by atoms with E-state index in [1.165, 1.54) is 12.5 Å². The highest BCUT2D eigenvalue weighted by Crippen LogP contribution is 2.10. The monoisotopic (exact) mass is 1040 g/mol. The van der Waals surface area contributed by atoms with Gasteiger partial charge in [0.1, 0.15) is 42.3 Å². The number of hydrogen-bond donors (Lipinski definition) is 18. The lowest BCUT2D eigenvalue weighted by molar-refractivity contribution is -0.143. The van der Waals surface area contributed by atoms with Crippen molar-refractivity contribution in [3.05, 3.63) is 18.2 Å². The Morgan fingerprint density at radius 1 is 0.630 bits per heavy atom. The Kier molecular flexibility index (Phi) is 27.1. The van der Waals surface area contributed by atoms with Crippen LogP contribution in [0.4, 0.5) is 0 Å². The highest BCUT2D eigenvalue weighted by molar-refractivity contribution is 5.99. The van der Waals surface area contributed by atoms with Crippen molar-refractivity contribution in [2.75, 3.05) is 13.1 Å². The predicted molar refractivity (Wildman–Crippen MR) is 250 cm³/mol. The van der Waals surface area contributed by atoms with Crippen LogP contribution in [0.1, 0.15) is 78.3 Å². The first kappa shape index (κ1) is 63.0. The summed E-state index contributed by atoms with van der Waals surface area (Å²) in [4.78, 5) is 163. The molecule has 1 aromatic heterocycles. The van der Waals surface area contributed by atoms with E-state index in [0.29, 0.717) is 0 Å². The van der Waals surface area contributed by atoms with Crippen molar-refractivity contribution in [3.8, 4) is 0 Å². The van der Waals surface area contributed by atoms with Gasteiger partial charge >= 0.3 is 17.9 Å². The van der Waals surface area contributed by atoms with Gasteiger partial charge in [-0.1, -0.05) is 13.8 Å². The predicted octanol–water partition coefficient (Wildman–Crippen LogP) is -8.05. The fourth-order valence-electron chi connectivity index (χ4n) is 6.41. The van der Waals surface area contributed by atoms with Gasteiger partial charge in [0.15, 0.2) is 5.96 Å². The molecule has 0 radical (unpaired) electrons. The number of nitrogens with two attached hydrogens (primary N) is 4. The second-order valence-electron chi connectivity index (χ2n) is 17.0. The standard InChI is InChI=1S/C41H67N15O17/c1-17(2)10-23(37(69)55-32(19(4)58)39(71)56-31(18(3)57)38(70)48-15-28(60)50-22(40(72)73)6-5-9-47-41(44)45)52-34(66)24(11-20-14-46-16-49-20)53-36(68)26(13-30(63)64)54-35(67)25(12-29(61)62)51-33(65)21(42)7-8-27(43)59/h14,16-19,21-26,31-32,57-58H,5-13,15,42H2,1-4H3,(H2,43,59)(H,46,49)(H,48,70)(H,50,60)(H,51,65)(H,52,66)(H,53,68)(H,54,67)(H,55,69)(H,56,71)(H,61,62)(H,63,64)(H,72,73)(H4,44,45,47)/t18-,19-,21+,22+,23+,24+,25+,26+,31+,32+/m1/s1. The SMILES string of the molecule is CC(C)C[C@H](NC(=O)[C@H](Cc1cnc[nH]1)NC(=O)[C@H](CC(=O)O)NC(=O)[C@H](CC(=O)O)NC(=O)[C@@H](N)CCC(N)=O)C(=O)N[C@H](C(=O)N[C@H](C(=O)NCC(=O)N[C@@H](CCCN=C(N)N)C(=O)O)[C@@H](C)O)[C@@H](C)O. The van der Waals surface area contributed by atoms with E-state index in [0.717, 1.165) is 13.8 Å². The summed E-state index contributed by atoms with van der Waals surface area (Å²) >= 11 is 0. The number of H-pyrrole nitrogens is 1. The van der Waals surface area contributed by atoms with Gasteiger partial charge in [-0.15, -0.1) is 0 Å². The summed E-state index contributed by atoms with van der Waals surface area (Å²) in [5, 5.41) is 67.2. The van der Waals surface area contributed by atoms with Gasteiger partial charge in [0.25, 0.3) is 0 Å². The summed E-state index contributed by atoms with van der Waals surface area (Å²) in [5.74, 6) is -15.4. The molecule has 22 N–H and O–H groups in total. The first-order chi connectivity index (χ1) is 34.0. The van der Waals surface area contributed by atoms with Crippen LogP contribution in [0, 0.1) is 5.92 Å². The van der Waals surface area contributed by atoms with Gasteiger partial charge in [-0.3, -0.25) is 57.7 Å². The number of imidazole rings is 1. The molecule has 32 heteroatoms. The topological polar surface area (TPSA) is 547 Å². The molecule has 0 aliphatic carbocycles. The third-order valence-electron chi connectivity index (χ3n) is 10.1. The van der Waals surface area contributed by atoms with E-state index in [1.54, 1.807) is 13.8 Å². The quantitative estimate of drug-likeness (QED) is 0.0173. The Morgan fingerprint density at radius 3 is 1.60 bits per heavy atom. The molecule has 0 aliphatic heterocycles. The molecule has 0 spiro atoms. The molecule has 0 aliphatic rings. The molecule has 0 fully saturated rings. The van der Waals surface area contributed by atoms with E-state index in [-0.39, 0.29) is 56.2 Å². The number of nitrogens with one attached hydrogen (secondary N) is 9. The lowest BCUT2D eigenvalue weighted by atomic mass is 10.0. The van der Waals surface area contributed by atoms with Gasteiger partial charge in [0.05, 0.1) is 44.0 Å². The third-order valence-corrected chi connectivity index (χ3v) is 10.1. The first-order valence-corrected chi connectivity index (χ1v) is 22.5. The second kappa shape index (κ2) is 31.4. The largest absolute Gasteiger partial charge is 0.481 e. The fourth-order valence-corrected chi connectivity index (χ4v) is 6.41. The number of aliphatic carboxylic acids is 3. The van der Waals surface area contributed by atoms with Gasteiger partial charge in [-0.05, 0) is 45.4 Å². The zero-order chi connectivity index (χ0) is 55.7. The maximum absolute atomic E-state index is 14.0. The molecule has 1 rings (SSSR count). The molecule has 0 saturated carbocycles. The van der Waals surface area contributed by atoms with Crippen LogP contribution in [0.2, 0.25) is 0 Å². The molecule has 32 nitrogen and oxygen atoms in total. The summed E-state index contributed by atoms with van der Waals surface area (Å²) in [6.45, 7) is 4.72. The lowest BCUT2D eigenvalue weighted by Gasteiger charge is -2.29. The minimum atomic E-state index is -2.04. The number of guanidine groups is 1. The number of carboxylic acid groups (broad SMARTS) is 3. The highest BCUT2D eigenvalue weighted by Gasteiger charge is 2.37. The summed E-state index contributed by atoms with van der Waals surface area (Å²) in [6.07, 6.45) is -4.24. The normalized spacial score (nSPS) is 15.1. The van der Waals surface area contributed by atoms with Crippen molar-refractivity contribution in [3.63, 3.8) is 0 Å². The molecule has 10 atom stereocenters. The second-order valence-corrected chi connectivity index (χ2v) is 17.0. The Balaban J connectivity index is 3.33. The number of carboxylic acids is 3. The summed E-state index contributed by atoms with van der Waals surface area (Å²) < 4.78 is 0. The number of aliphatic imine (C=N–C) groups is 1. The van der Waals surface area contributed by atoms with Crippen LogP contribution < -0.4 is 65.5 Å². The molecular weight excluding hydrogens is 975 g/mol. The van der Waals surface area contributed by atoms with E-state index < -0.39 is 157 Å². The molecule has 73 heavy (non-hydrogen) atoms. The Bertz CT molecular complexity index is 2130. The zero-order valence-corrected chi connectivity index (χ0v) is 40.4. The molecular formula is C41H67N15O17. The number of hydrogen-bond acceptors (Lipinski definition) is 17. The molecule has 0 saturated heterocycles. The van der Waals surface area contributed by atoms with Crippen LogP contribution in [-0.4, -0.2) is 186 Å². The van der Waals surface area contributed by atoms with E-state index in [1.807, 2.05) is 5.32 Å². The lowest BCUT2D eigenvalue weighted by Crippen LogP contribution is -2.62. The zero-order valence-electron chi connectivity index (χ0n) is 40.4. The Morgan fingerprint density at radius 2 is 1.12 bits per heavy atom. The Hall–Kier alpha value is -8.00. The van der Waals surface area contributed by atoms with E-state index in [2.05, 4.69) is 52.2 Å². The van der Waals surface area contributed by atoms with E-state index >= 15 is 0 Å². The molecule has 0 unspecified atom stereocenters. The summed E-state index contributed by atoms with van der Waals surface area (Å²) in [7, 11) is 0. The van der Waals surface area contributed by atoms with Crippen LogP contribution >= 0.6 is 0 Å². The van der Waals surface area contributed by atoms with Gasteiger partial charge in [-0.25, -0.2) is 9.78 Å². The first-order valence-electron chi connectivity index (χ1n) is 22.5. The van der Waals surface area contributed by atoms with Crippen molar-refractivity contribution in [1.82, 2.24) is 52.5 Å². The van der Waals surface area contributed by atoms with Crippen LogP contribution in [0.3, 0.4) is 0 Å². The number of aliphatic hydroxyl groups is 2. The van der Waals surface area contributed by atoms with Gasteiger partial charge in [-0.2, -0.15) is 0 Å². The average molecular weight is 1040 g/mol. The number of amides is 9. The number of aromatic amines is 1. The van der Waals surface area contributed by atoms with Crippen molar-refractivity contribution in [1.29, 1.82) is 0 Å². The summed E-state index contributed by atoms with van der Waals surface area (Å²) in [6, 6.07) is -13.8. The van der Waals surface area contributed by atoms with Gasteiger partial charge in [0, 0.05) is 31.3 Å². The van der Waals surface area contributed by atoms with Crippen LogP contribution in [-0.2, 0) is 64.0 Å². The third kappa shape index (κ3) is 24.6. The molecule has 0 aromatic carbocycles. The number of aromatic nitrogens is 2. The van der Waals surface area contributed by atoms with Crippen LogP contribution in [0.5, 0.6) is 0 Å². The number of aliphatic hydroxyl groups excluding tert-OH is 2. The van der Waals surface area contributed by atoms with Crippen molar-refractivity contribution < 1.29 is 83.1 Å². The van der Waals surface area contributed by atoms with Crippen molar-refractivity contribution in [2.24, 2.45) is 33.8 Å². The van der Waals surface area contributed by atoms with Gasteiger partial charge in [0.2, 0.25) is 53.2 Å². The van der Waals surface area contributed by atoms with E-state index in [9.17, 15) is 83.1 Å². The van der Waals surface area contributed by atoms with Crippen LogP contribution in [0.15, 0.2) is 17.5 Å². The molecule has 1 heterocycles. The minimum Gasteiger partial charge on any atom is -0.481 e. The number of primary amides is 1. The molecule has 408 valence electrons. The molecule has 1 aromatic rings. The maximum Gasteiger partial charge on any atom is 0.326 e. The number of carbonyl (C=O) groups excluding carboxylic acids is 9. The van der Waals surface area contributed by atoms with Crippen molar-refractivity contribution >= 4 is 77.0 Å². The Labute approximate surface area is 416 Å². The van der Waals surface area contributed by atoms with Gasteiger partial charge < -0.3 is 96.0 Å². The molecule has 9 amide bonds. The minimum absolute atomic E-state index is 0.0681. The van der Waals surface area contributed by atoms with Crippen LogP contribution in [0.25, 0.3) is 0 Å². The fraction of sp³-hybridized carbons (Fsp3) is 0.610. The number of carbonyl (C=O) groups is 12. The summed E-state index contributed by atoms with van der Waals surface area (Å²) in [5.41, 5.74) is 21.5. The van der Waals surface area contributed by atoms with E-state index in [4.69, 9.17) is 22.9 Å². The molecule has 0 bridgehead atoms. The average Bonchev–Trinajstić information content (AvgIpc) is 3.80. The maximum atomic E-state index is 14.0.